The van der Waals surface area contributed by atoms with Crippen LogP contribution in [0.4, 0.5) is 0 Å². The van der Waals surface area contributed by atoms with Crippen molar-refractivity contribution in [1.29, 1.82) is 0 Å². The number of nitrogens with one attached hydrogen (secondary N) is 1. The molecule has 1 rings (SSSR count). The van der Waals surface area contributed by atoms with E-state index in [9.17, 15) is 0 Å². The van der Waals surface area contributed by atoms with Crippen LogP contribution in [-0.4, -0.2) is 23.5 Å². The molecule has 0 saturated carbocycles. The molecule has 0 aliphatic carbocycles. The molecule has 0 aromatic heterocycles. The highest BCUT2D eigenvalue weighted by Gasteiger charge is 2.34. The Bertz CT molecular complexity index is 358. The highest BCUT2D eigenvalue weighted by atomic mass is 35.5. The van der Waals surface area contributed by atoms with Gasteiger partial charge >= 0.3 is 0 Å². The minimum atomic E-state index is -0.0634. The molecular formula is C14H24ClN3. The summed E-state index contributed by atoms with van der Waals surface area (Å²) in [4.78, 5) is 2.39. The molecule has 0 radical (unpaired) electrons. The second-order valence-electron chi connectivity index (χ2n) is 4.98. The third-order valence-corrected chi connectivity index (χ3v) is 3.91. The Morgan fingerprint density at radius 1 is 1.22 bits per heavy atom. The second-order valence-corrected chi connectivity index (χ2v) is 5.41. The number of rotatable bonds is 6. The maximum atomic E-state index is 5.93. The lowest BCUT2D eigenvalue weighted by Gasteiger charge is -2.43. The zero-order valence-electron chi connectivity index (χ0n) is 11.7. The summed E-state index contributed by atoms with van der Waals surface area (Å²) >= 11 is 5.93. The lowest BCUT2D eigenvalue weighted by atomic mass is 9.87. The summed E-state index contributed by atoms with van der Waals surface area (Å²) < 4.78 is 0. The van der Waals surface area contributed by atoms with Gasteiger partial charge in [0, 0.05) is 10.6 Å². The van der Waals surface area contributed by atoms with Crippen molar-refractivity contribution in [2.75, 3.05) is 13.1 Å². The Labute approximate surface area is 115 Å². The molecule has 0 aliphatic rings. The van der Waals surface area contributed by atoms with E-state index < -0.39 is 0 Å². The topological polar surface area (TPSA) is 41.3 Å². The van der Waals surface area contributed by atoms with Crippen LogP contribution in [0, 0.1) is 0 Å². The molecule has 0 heterocycles. The van der Waals surface area contributed by atoms with Gasteiger partial charge in [-0.1, -0.05) is 37.6 Å². The number of halogens is 1. The number of likely N-dealkylation sites (N-methyl/N-ethyl adjacent to an activating group) is 1. The Morgan fingerprint density at radius 2 is 1.72 bits per heavy atom. The van der Waals surface area contributed by atoms with E-state index in [0.29, 0.717) is 0 Å². The summed E-state index contributed by atoms with van der Waals surface area (Å²) in [5.74, 6) is 5.77. The summed E-state index contributed by atoms with van der Waals surface area (Å²) in [7, 11) is 0. The summed E-state index contributed by atoms with van der Waals surface area (Å²) in [6.07, 6.45) is 0. The van der Waals surface area contributed by atoms with E-state index in [4.69, 9.17) is 17.4 Å². The molecule has 3 N–H and O–H groups in total. The highest BCUT2D eigenvalue weighted by molar-refractivity contribution is 6.30. The Morgan fingerprint density at radius 3 is 2.11 bits per heavy atom. The average Bonchev–Trinajstić information content (AvgIpc) is 2.33. The van der Waals surface area contributed by atoms with Crippen LogP contribution in [0.3, 0.4) is 0 Å². The van der Waals surface area contributed by atoms with Crippen molar-refractivity contribution in [3.05, 3.63) is 34.9 Å². The molecule has 1 aromatic carbocycles. The normalized spacial score (nSPS) is 13.9. The quantitative estimate of drug-likeness (QED) is 0.616. The summed E-state index contributed by atoms with van der Waals surface area (Å²) in [6, 6.07) is 7.92. The molecule has 0 spiro atoms. The van der Waals surface area contributed by atoms with Crippen LogP contribution in [0.15, 0.2) is 24.3 Å². The van der Waals surface area contributed by atoms with Crippen LogP contribution in [0.2, 0.25) is 5.02 Å². The Kier molecular flexibility index (Phi) is 5.60. The van der Waals surface area contributed by atoms with Gasteiger partial charge in [0.2, 0.25) is 0 Å². The monoisotopic (exact) mass is 269 g/mol. The molecule has 1 unspecified atom stereocenters. The van der Waals surface area contributed by atoms with Crippen molar-refractivity contribution in [3.63, 3.8) is 0 Å². The molecule has 0 aliphatic heterocycles. The van der Waals surface area contributed by atoms with Crippen molar-refractivity contribution in [2.45, 2.75) is 39.3 Å². The average molecular weight is 270 g/mol. The first kappa shape index (κ1) is 15.4. The number of hydrazine groups is 1. The molecule has 0 fully saturated rings. The SMILES string of the molecule is CCN(CC)C(C)(C)C(NN)c1ccc(Cl)cc1. The molecule has 1 atom stereocenters. The van der Waals surface area contributed by atoms with Gasteiger partial charge in [0.05, 0.1) is 6.04 Å². The fraction of sp³-hybridized carbons (Fsp3) is 0.571. The van der Waals surface area contributed by atoms with Gasteiger partial charge in [-0.05, 0) is 44.6 Å². The number of benzene rings is 1. The van der Waals surface area contributed by atoms with Gasteiger partial charge < -0.3 is 0 Å². The summed E-state index contributed by atoms with van der Waals surface area (Å²) in [5, 5.41) is 0.746. The fourth-order valence-corrected chi connectivity index (χ4v) is 2.71. The first-order chi connectivity index (χ1) is 8.47. The van der Waals surface area contributed by atoms with E-state index in [1.54, 1.807) is 0 Å². The van der Waals surface area contributed by atoms with Crippen LogP contribution in [0.25, 0.3) is 0 Å². The molecule has 102 valence electrons. The summed E-state index contributed by atoms with van der Waals surface area (Å²) in [6.45, 7) is 10.7. The van der Waals surface area contributed by atoms with Gasteiger partial charge in [-0.25, -0.2) is 0 Å². The Hall–Kier alpha value is -0.610. The van der Waals surface area contributed by atoms with Gasteiger partial charge in [0.15, 0.2) is 0 Å². The van der Waals surface area contributed by atoms with Gasteiger partial charge in [-0.3, -0.25) is 16.2 Å². The predicted molar refractivity (Wildman–Crippen MR) is 78.5 cm³/mol. The zero-order valence-corrected chi connectivity index (χ0v) is 12.5. The lowest BCUT2D eigenvalue weighted by molar-refractivity contribution is 0.0913. The van der Waals surface area contributed by atoms with Crippen LogP contribution in [-0.2, 0) is 0 Å². The van der Waals surface area contributed by atoms with E-state index in [1.807, 2.05) is 24.3 Å². The second kappa shape index (κ2) is 6.53. The number of hydrogen-bond donors (Lipinski definition) is 2. The van der Waals surface area contributed by atoms with Crippen molar-refractivity contribution < 1.29 is 0 Å². The van der Waals surface area contributed by atoms with Crippen LogP contribution >= 0.6 is 11.6 Å². The molecule has 1 aromatic rings. The first-order valence-corrected chi connectivity index (χ1v) is 6.81. The fourth-order valence-electron chi connectivity index (χ4n) is 2.58. The number of hydrogen-bond acceptors (Lipinski definition) is 3. The first-order valence-electron chi connectivity index (χ1n) is 6.44. The minimum Gasteiger partial charge on any atom is -0.297 e. The third-order valence-electron chi connectivity index (χ3n) is 3.65. The van der Waals surface area contributed by atoms with Crippen molar-refractivity contribution in [3.8, 4) is 0 Å². The lowest BCUT2D eigenvalue weighted by Crippen LogP contribution is -2.54. The van der Waals surface area contributed by atoms with E-state index in [0.717, 1.165) is 23.7 Å². The predicted octanol–water partition coefficient (Wildman–Crippen LogP) is 2.96. The minimum absolute atomic E-state index is 0.0634. The van der Waals surface area contributed by atoms with E-state index in [2.05, 4.69) is 38.0 Å². The molecule has 18 heavy (non-hydrogen) atoms. The van der Waals surface area contributed by atoms with Crippen molar-refractivity contribution in [2.24, 2.45) is 5.84 Å². The standard InChI is InChI=1S/C14H24ClN3/c1-5-18(6-2)14(3,4)13(17-16)11-7-9-12(15)10-8-11/h7-10,13,17H,5-6,16H2,1-4H3. The van der Waals surface area contributed by atoms with Crippen molar-refractivity contribution in [1.82, 2.24) is 10.3 Å². The van der Waals surface area contributed by atoms with Gasteiger partial charge in [0.1, 0.15) is 0 Å². The van der Waals surface area contributed by atoms with Crippen LogP contribution in [0.5, 0.6) is 0 Å². The molecule has 3 nitrogen and oxygen atoms in total. The Balaban J connectivity index is 3.04. The molecule has 0 saturated heterocycles. The molecule has 0 amide bonds. The zero-order chi connectivity index (χ0) is 13.8. The van der Waals surface area contributed by atoms with Gasteiger partial charge in [-0.15, -0.1) is 0 Å². The molecule has 0 bridgehead atoms. The van der Waals surface area contributed by atoms with Gasteiger partial charge in [-0.2, -0.15) is 0 Å². The maximum Gasteiger partial charge on any atom is 0.0638 e. The van der Waals surface area contributed by atoms with Crippen LogP contribution in [0.1, 0.15) is 39.3 Å². The maximum absolute atomic E-state index is 5.93. The highest BCUT2D eigenvalue weighted by Crippen LogP contribution is 2.30. The molecular weight excluding hydrogens is 246 g/mol. The van der Waals surface area contributed by atoms with Crippen LogP contribution < -0.4 is 11.3 Å². The third kappa shape index (κ3) is 3.23. The van der Waals surface area contributed by atoms with E-state index in [1.165, 1.54) is 0 Å². The largest absolute Gasteiger partial charge is 0.297 e. The van der Waals surface area contributed by atoms with E-state index >= 15 is 0 Å². The number of nitrogens with two attached hydrogens (primary N) is 1. The van der Waals surface area contributed by atoms with E-state index in [-0.39, 0.29) is 11.6 Å². The molecule has 4 heteroatoms. The smallest absolute Gasteiger partial charge is 0.0638 e. The van der Waals surface area contributed by atoms with Gasteiger partial charge in [0.25, 0.3) is 0 Å². The summed E-state index contributed by atoms with van der Waals surface area (Å²) in [5.41, 5.74) is 4.03. The number of nitrogens with zero attached hydrogens (tertiary/aromatic N) is 1. The van der Waals surface area contributed by atoms with Crippen molar-refractivity contribution >= 4 is 11.6 Å².